The molecule has 0 bridgehead atoms. The molecule has 3 aromatic rings. The number of hydrogen-bond donors (Lipinski definition) is 15. The van der Waals surface area contributed by atoms with Gasteiger partial charge in [-0.1, -0.05) is 21.6 Å². The first-order chi connectivity index (χ1) is 36.8. The number of carboxylic acids is 4. The van der Waals surface area contributed by atoms with E-state index in [0.717, 1.165) is 21.6 Å². The van der Waals surface area contributed by atoms with Gasteiger partial charge in [0.15, 0.2) is 18.5 Å². The van der Waals surface area contributed by atoms with Gasteiger partial charge in [-0.3, -0.25) is 62.7 Å². The number of amides is 6. The number of aromatic nitrogens is 4. The second kappa shape index (κ2) is 31.8. The van der Waals surface area contributed by atoms with Crippen LogP contribution < -0.4 is 60.0 Å². The fourth-order valence-corrected chi connectivity index (χ4v) is 8.44. The number of nitrogens with zero attached hydrogens (tertiary/aromatic N) is 4. The lowest BCUT2D eigenvalue weighted by Gasteiger charge is -2.26. The summed E-state index contributed by atoms with van der Waals surface area (Å²) in [7, 11) is 1.91. The minimum Gasteiger partial charge on any atom is -0.481 e. The lowest BCUT2D eigenvalue weighted by Crippen LogP contribution is -2.59. The molecule has 3 rings (SSSR count). The average Bonchev–Trinajstić information content (AvgIpc) is 3.35. The Balaban J connectivity index is 1.66. The van der Waals surface area contributed by atoms with E-state index in [9.17, 15) is 78.0 Å². The van der Waals surface area contributed by atoms with Crippen LogP contribution in [0.3, 0.4) is 0 Å². The molecule has 18 N–H and O–H groups in total. The number of nitrogen functional groups attached to an aromatic ring is 1. The third-order valence-corrected chi connectivity index (χ3v) is 12.6. The SMILES string of the molecule is [2H]C(=O)OCCSSCC(NC(=O)C(CC(=O)O)NC(=O)C(CC(=O)O)NC(=O)C(CCCN=C(N)N)NC(=O)C(CC(=O)O)NC(=O)CCC(C)NC(=O)c1ccc(NCc2cnc3nc(N)[nH]c(=O)c3n2)cc1)C(=O)O. The molecule has 0 saturated carbocycles. The summed E-state index contributed by atoms with van der Waals surface area (Å²) in [4.78, 5) is 169. The number of aromatic amines is 1. The maximum absolute atomic E-state index is 13.8. The summed E-state index contributed by atoms with van der Waals surface area (Å²) < 4.78 is 11.2. The van der Waals surface area contributed by atoms with Gasteiger partial charge in [0.25, 0.3) is 17.9 Å². The molecule has 6 atom stereocenters. The summed E-state index contributed by atoms with van der Waals surface area (Å²) in [5, 5.41) is 55.0. The summed E-state index contributed by atoms with van der Waals surface area (Å²) in [6, 6.07) is -3.77. The average molecular weight is 1120 g/mol. The van der Waals surface area contributed by atoms with Gasteiger partial charge in [-0.15, -0.1) is 0 Å². The standard InChI is InChI=1S/C43H57N15O17S2/c1-20(50-35(67)21-5-7-22(8-6-21)48-16-23-17-49-34-33(51-23)40(72)58-43(46)57-34)4-9-29(60)52-25(13-30(61)62)37(69)53-24(3-2-10-47-42(44)45)36(68)54-26(14-31(63)64)38(70)55-27(15-32(65)66)39(71)56-28(41(73)74)18-77-76-12-11-75-19-59/h5-8,17,19-20,24-28,48H,2-4,9-16,18H2,1H3,(H,50,67)(H,52,60)(H,53,69)(H,54,68)(H,55,70)(H,56,71)(H,61,62)(H,63,64)(H,65,66)(H,73,74)(H4,44,45,47)(H3,46,49,57,58,72)/i19D. The highest BCUT2D eigenvalue weighted by molar-refractivity contribution is 8.76. The van der Waals surface area contributed by atoms with E-state index in [-0.39, 0.29) is 85.5 Å². The largest absolute Gasteiger partial charge is 0.481 e. The first-order valence-corrected chi connectivity index (χ1v) is 25.3. The fraction of sp³-hybridized carbons (Fsp3) is 0.442. The van der Waals surface area contributed by atoms with Gasteiger partial charge in [0, 0.05) is 41.8 Å². The second-order valence-corrected chi connectivity index (χ2v) is 18.9. The van der Waals surface area contributed by atoms with E-state index < -0.39 is 127 Å². The number of hydrogen-bond acceptors (Lipinski definition) is 21. The third kappa shape index (κ3) is 23.1. The molecule has 1 aromatic carbocycles. The molecule has 0 fully saturated rings. The van der Waals surface area contributed by atoms with E-state index in [4.69, 9.17) is 18.6 Å². The number of carbonyl (C=O) groups is 11. The zero-order valence-corrected chi connectivity index (χ0v) is 42.4. The molecule has 0 saturated heterocycles. The molecular formula is C43H57N15O17S2. The number of carboxylic acid groups (broad SMARTS) is 4. The van der Waals surface area contributed by atoms with Crippen molar-refractivity contribution >= 4 is 116 Å². The van der Waals surface area contributed by atoms with E-state index in [2.05, 4.69) is 61.6 Å². The molecular weight excluding hydrogens is 1060 g/mol. The number of carbonyl (C=O) groups excluding carboxylic acids is 7. The van der Waals surface area contributed by atoms with Crippen LogP contribution in [0.25, 0.3) is 11.2 Å². The number of benzene rings is 1. The second-order valence-electron chi connectivity index (χ2n) is 16.3. The molecule has 2 aromatic heterocycles. The Bertz CT molecular complexity index is 2770. The maximum Gasteiger partial charge on any atom is 0.327 e. The van der Waals surface area contributed by atoms with Gasteiger partial charge >= 0.3 is 23.9 Å². The van der Waals surface area contributed by atoms with Crippen molar-refractivity contribution in [3.05, 3.63) is 52.1 Å². The van der Waals surface area contributed by atoms with Gasteiger partial charge in [-0.05, 0) is 50.5 Å². The molecule has 0 aliphatic rings. The molecule has 77 heavy (non-hydrogen) atoms. The Morgan fingerprint density at radius 3 is 1.90 bits per heavy atom. The minimum absolute atomic E-state index is 0.00103. The molecule has 0 radical (unpaired) electrons. The quantitative estimate of drug-likeness (QED) is 0.00901. The monoisotopic (exact) mass is 1120 g/mol. The topological polar surface area (TPSA) is 524 Å². The van der Waals surface area contributed by atoms with Crippen molar-refractivity contribution in [3.63, 3.8) is 0 Å². The van der Waals surface area contributed by atoms with Crippen molar-refractivity contribution in [3.8, 4) is 0 Å². The van der Waals surface area contributed by atoms with Gasteiger partial charge in [0.2, 0.25) is 35.5 Å². The number of anilines is 2. The number of rotatable bonds is 34. The normalized spacial score (nSPS) is 13.3. The predicted octanol–water partition coefficient (Wildman–Crippen LogP) is -3.65. The molecule has 34 heteroatoms. The molecule has 0 spiro atoms. The van der Waals surface area contributed by atoms with Crippen molar-refractivity contribution in [2.24, 2.45) is 16.5 Å². The van der Waals surface area contributed by atoms with E-state index in [0.29, 0.717) is 11.4 Å². The molecule has 6 amide bonds. The number of H-pyrrole nitrogens is 1. The van der Waals surface area contributed by atoms with Crippen LogP contribution in [0.5, 0.6) is 0 Å². The van der Waals surface area contributed by atoms with Crippen molar-refractivity contribution in [1.82, 2.24) is 51.8 Å². The van der Waals surface area contributed by atoms with Gasteiger partial charge < -0.3 is 79.6 Å². The Morgan fingerprint density at radius 2 is 1.34 bits per heavy atom. The summed E-state index contributed by atoms with van der Waals surface area (Å²) in [6.07, 6.45) is -4.03. The van der Waals surface area contributed by atoms with Gasteiger partial charge in [-0.2, -0.15) is 4.98 Å². The van der Waals surface area contributed by atoms with Crippen LogP contribution in [0.2, 0.25) is 0 Å². The number of aliphatic imine (C=N–C) groups is 1. The lowest BCUT2D eigenvalue weighted by atomic mass is 10.1. The van der Waals surface area contributed by atoms with E-state index >= 15 is 0 Å². The maximum atomic E-state index is 13.8. The number of nitrogens with two attached hydrogens (primary N) is 3. The molecule has 418 valence electrons. The number of fused-ring (bicyclic) bond motifs is 1. The van der Waals surface area contributed by atoms with Crippen molar-refractivity contribution in [2.45, 2.75) is 94.7 Å². The molecule has 32 nitrogen and oxygen atoms in total. The Labute approximate surface area is 444 Å². The molecule has 0 aliphatic heterocycles. The van der Waals surface area contributed by atoms with E-state index in [1.54, 1.807) is 19.1 Å². The predicted molar refractivity (Wildman–Crippen MR) is 273 cm³/mol. The highest BCUT2D eigenvalue weighted by atomic mass is 33.1. The molecule has 2 heterocycles. The van der Waals surface area contributed by atoms with Crippen LogP contribution in [0, 0.1) is 0 Å². The zero-order chi connectivity index (χ0) is 58.1. The van der Waals surface area contributed by atoms with Crippen LogP contribution >= 0.6 is 21.6 Å². The molecule has 0 aliphatic carbocycles. The number of aliphatic carboxylic acids is 4. The first-order valence-electron chi connectivity index (χ1n) is 23.3. The number of guanidine groups is 1. The van der Waals surface area contributed by atoms with Crippen LogP contribution in [0.4, 0.5) is 11.6 Å². The smallest absolute Gasteiger partial charge is 0.327 e. The van der Waals surface area contributed by atoms with Gasteiger partial charge in [-0.25, -0.2) is 14.8 Å². The summed E-state index contributed by atoms with van der Waals surface area (Å²) in [5.74, 6) is -13.8. The number of nitrogens with one attached hydrogen (secondary N) is 8. The highest BCUT2D eigenvalue weighted by Crippen LogP contribution is 2.22. The van der Waals surface area contributed by atoms with Gasteiger partial charge in [0.1, 0.15) is 36.8 Å². The zero-order valence-electron chi connectivity index (χ0n) is 41.8. The first kappa shape index (κ1) is 60.7. The molecule has 6 unspecified atom stereocenters. The van der Waals surface area contributed by atoms with Gasteiger partial charge in [0.05, 0.1) is 37.7 Å². The Hall–Kier alpha value is -8.82. The van der Waals surface area contributed by atoms with Crippen LogP contribution in [0.1, 0.15) is 69.3 Å². The summed E-state index contributed by atoms with van der Waals surface area (Å²) in [5.41, 5.74) is 17.1. The van der Waals surface area contributed by atoms with E-state index in [1.807, 2.05) is 5.32 Å². The van der Waals surface area contributed by atoms with E-state index in [1.165, 1.54) is 18.3 Å². The summed E-state index contributed by atoms with van der Waals surface area (Å²) >= 11 is 0. The summed E-state index contributed by atoms with van der Waals surface area (Å²) in [6.45, 7) is 1.42. The van der Waals surface area contributed by atoms with Crippen LogP contribution in [0.15, 0.2) is 40.2 Å². The highest BCUT2D eigenvalue weighted by Gasteiger charge is 2.35. The van der Waals surface area contributed by atoms with Crippen molar-refractivity contribution in [1.29, 1.82) is 0 Å². The van der Waals surface area contributed by atoms with Crippen molar-refractivity contribution < 1.29 is 79.3 Å². The Kier molecular flexibility index (Phi) is 25.1. The van der Waals surface area contributed by atoms with Crippen molar-refractivity contribution in [2.75, 3.05) is 35.7 Å². The van der Waals surface area contributed by atoms with Crippen LogP contribution in [-0.4, -0.2) is 173 Å². The number of ether oxygens (including phenoxy) is 1. The van der Waals surface area contributed by atoms with Crippen LogP contribution in [-0.2, 0) is 59.2 Å². The Morgan fingerprint density at radius 1 is 0.779 bits per heavy atom. The minimum atomic E-state index is -2.10. The lowest BCUT2D eigenvalue weighted by molar-refractivity contribution is -0.144. The fourth-order valence-electron chi connectivity index (χ4n) is 6.46. The third-order valence-electron chi connectivity index (χ3n) is 10.2.